The first-order valence-corrected chi connectivity index (χ1v) is 12.7. The topological polar surface area (TPSA) is 103 Å². The van der Waals surface area contributed by atoms with E-state index in [0.29, 0.717) is 29.3 Å². The predicted molar refractivity (Wildman–Crippen MR) is 129 cm³/mol. The van der Waals surface area contributed by atoms with Crippen LogP contribution < -0.4 is 10.2 Å². The Morgan fingerprint density at radius 3 is 2.47 bits per heavy atom. The van der Waals surface area contributed by atoms with Gasteiger partial charge in [-0.25, -0.2) is 4.98 Å². The Kier molecular flexibility index (Phi) is 4.82. The number of phenols is 1. The second kappa shape index (κ2) is 8.05. The van der Waals surface area contributed by atoms with Crippen molar-refractivity contribution in [1.82, 2.24) is 30.7 Å². The fraction of sp³-hybridized carbons (Fsp3) is 0.538. The van der Waals surface area contributed by atoms with Gasteiger partial charge in [0.2, 0.25) is 5.95 Å². The van der Waals surface area contributed by atoms with Crippen LogP contribution in [0.3, 0.4) is 0 Å². The Hall–Kier alpha value is -3.00. The molecule has 0 radical (unpaired) electrons. The highest BCUT2D eigenvalue weighted by molar-refractivity contribution is 5.73. The van der Waals surface area contributed by atoms with Gasteiger partial charge in [-0.15, -0.1) is 10.2 Å². The normalized spacial score (nSPS) is 31.9. The van der Waals surface area contributed by atoms with Crippen LogP contribution in [-0.2, 0) is 0 Å². The Bertz CT molecular complexity index is 1130. The second-order valence-corrected chi connectivity index (χ2v) is 10.9. The maximum Gasteiger partial charge on any atom is 0.245 e. The van der Waals surface area contributed by atoms with E-state index < -0.39 is 0 Å². The van der Waals surface area contributed by atoms with Crippen molar-refractivity contribution in [1.29, 1.82) is 0 Å². The van der Waals surface area contributed by atoms with E-state index in [4.69, 9.17) is 0 Å². The monoisotopic (exact) mass is 457 g/mol. The summed E-state index contributed by atoms with van der Waals surface area (Å²) < 4.78 is 0. The number of phenolic OH excluding ortho intramolecular Hbond substituents is 1. The van der Waals surface area contributed by atoms with E-state index in [2.05, 4.69) is 35.6 Å². The molecule has 3 heterocycles. The molecule has 8 nitrogen and oxygen atoms in total. The molecular formula is C26H31N7O. The maximum absolute atomic E-state index is 10.6. The molecule has 5 fully saturated rings. The Labute approximate surface area is 199 Å². The zero-order valence-electron chi connectivity index (χ0n) is 19.3. The molecule has 1 atom stereocenters. The van der Waals surface area contributed by atoms with Crippen LogP contribution in [0, 0.1) is 23.7 Å². The van der Waals surface area contributed by atoms with Gasteiger partial charge in [0.05, 0.1) is 12.4 Å². The summed E-state index contributed by atoms with van der Waals surface area (Å²) >= 11 is 0. The van der Waals surface area contributed by atoms with Crippen molar-refractivity contribution in [2.24, 2.45) is 23.7 Å². The summed E-state index contributed by atoms with van der Waals surface area (Å²) in [7, 11) is 0. The van der Waals surface area contributed by atoms with Gasteiger partial charge in [-0.1, -0.05) is 6.07 Å². The van der Waals surface area contributed by atoms with Crippen LogP contribution in [0.25, 0.3) is 22.4 Å². The van der Waals surface area contributed by atoms with Crippen LogP contribution in [-0.4, -0.2) is 55.7 Å². The smallest absolute Gasteiger partial charge is 0.245 e. The number of anilines is 1. The van der Waals surface area contributed by atoms with Gasteiger partial charge in [-0.05, 0) is 79.9 Å². The number of hydrogen-bond donors (Lipinski definition) is 3. The zero-order chi connectivity index (χ0) is 22.6. The number of hydrogen-bond acceptors (Lipinski definition) is 7. The van der Waals surface area contributed by atoms with Gasteiger partial charge >= 0.3 is 0 Å². The van der Waals surface area contributed by atoms with Gasteiger partial charge in [0.25, 0.3) is 0 Å². The van der Waals surface area contributed by atoms with E-state index in [1.807, 2.05) is 12.1 Å². The van der Waals surface area contributed by atoms with Gasteiger partial charge in [-0.2, -0.15) is 5.10 Å². The quantitative estimate of drug-likeness (QED) is 0.538. The predicted octanol–water partition coefficient (Wildman–Crippen LogP) is 3.63. The number of H-pyrrole nitrogens is 1. The number of nitrogens with zero attached hydrogens (tertiary/aromatic N) is 5. The molecule has 3 N–H and O–H groups in total. The third-order valence-corrected chi connectivity index (χ3v) is 8.78. The molecular weight excluding hydrogens is 426 g/mol. The van der Waals surface area contributed by atoms with E-state index in [1.165, 1.54) is 32.1 Å². The van der Waals surface area contributed by atoms with Crippen LogP contribution in [0.5, 0.6) is 5.75 Å². The molecule has 1 saturated heterocycles. The van der Waals surface area contributed by atoms with Crippen LogP contribution >= 0.6 is 0 Å². The van der Waals surface area contributed by atoms with Gasteiger partial charge in [-0.3, -0.25) is 5.10 Å². The number of benzene rings is 1. The molecule has 3 aromatic rings. The fourth-order valence-electron chi connectivity index (χ4n) is 7.42. The Morgan fingerprint density at radius 2 is 1.79 bits per heavy atom. The molecule has 5 aliphatic rings. The molecule has 176 valence electrons. The number of aromatic amines is 1. The molecule has 1 unspecified atom stereocenters. The van der Waals surface area contributed by atoms with Crippen LogP contribution in [0.4, 0.5) is 5.95 Å². The molecule has 4 saturated carbocycles. The van der Waals surface area contributed by atoms with E-state index >= 15 is 0 Å². The molecule has 4 aliphatic carbocycles. The number of aromatic hydroxyl groups is 1. The van der Waals surface area contributed by atoms with Crippen molar-refractivity contribution in [3.63, 3.8) is 0 Å². The highest BCUT2D eigenvalue weighted by atomic mass is 16.3. The molecule has 2 aromatic heterocycles. The first kappa shape index (κ1) is 20.4. The lowest BCUT2D eigenvalue weighted by Gasteiger charge is -2.55. The lowest BCUT2D eigenvalue weighted by molar-refractivity contribution is -0.0168. The lowest BCUT2D eigenvalue weighted by atomic mass is 9.54. The van der Waals surface area contributed by atoms with Crippen molar-refractivity contribution in [2.75, 3.05) is 18.0 Å². The average molecular weight is 458 g/mol. The highest BCUT2D eigenvalue weighted by Gasteiger charge is 2.48. The van der Waals surface area contributed by atoms with E-state index in [0.717, 1.165) is 54.3 Å². The SMILES string of the molecule is Oc1cc(-c2cn[nH]c2)ccc1-c1cnc(N2CCC(NC3C4CC5CC(C4)CC3C5)C2)nn1. The molecule has 1 aliphatic heterocycles. The minimum absolute atomic E-state index is 0.156. The summed E-state index contributed by atoms with van der Waals surface area (Å²) in [5.41, 5.74) is 3.01. The van der Waals surface area contributed by atoms with Gasteiger partial charge < -0.3 is 15.3 Å². The highest BCUT2D eigenvalue weighted by Crippen LogP contribution is 2.53. The van der Waals surface area contributed by atoms with E-state index in [9.17, 15) is 5.11 Å². The first-order chi connectivity index (χ1) is 16.7. The second-order valence-electron chi connectivity index (χ2n) is 10.9. The molecule has 8 heteroatoms. The molecule has 34 heavy (non-hydrogen) atoms. The average Bonchev–Trinajstić information content (AvgIpc) is 3.54. The summed E-state index contributed by atoms with van der Waals surface area (Å²) in [6.45, 7) is 1.89. The Morgan fingerprint density at radius 1 is 0.971 bits per heavy atom. The number of aromatic nitrogens is 5. The minimum atomic E-state index is 0.156. The summed E-state index contributed by atoms with van der Waals surface area (Å²) in [5.74, 6) is 4.65. The van der Waals surface area contributed by atoms with Crippen molar-refractivity contribution < 1.29 is 5.11 Å². The molecule has 0 spiro atoms. The van der Waals surface area contributed by atoms with Crippen molar-refractivity contribution >= 4 is 5.95 Å². The van der Waals surface area contributed by atoms with Gasteiger partial charge in [0.15, 0.2) is 0 Å². The summed E-state index contributed by atoms with van der Waals surface area (Å²) in [4.78, 5) is 6.85. The summed E-state index contributed by atoms with van der Waals surface area (Å²) in [6.07, 6.45) is 13.7. The standard InChI is InChI=1S/C26H31N7O/c34-24-10-17(20-11-28-29-12-20)1-2-22(24)23-13-27-26(32-31-23)33-4-3-21(14-33)30-25-18-6-15-5-16(8-18)9-19(25)7-15/h1-2,10-13,15-16,18-19,21,25,30,34H,3-9,14H2,(H,28,29). The van der Waals surface area contributed by atoms with E-state index in [1.54, 1.807) is 24.7 Å². The maximum atomic E-state index is 10.6. The molecule has 8 rings (SSSR count). The lowest BCUT2D eigenvalue weighted by Crippen LogP contribution is -2.57. The summed E-state index contributed by atoms with van der Waals surface area (Å²) in [5, 5.41) is 30.2. The third-order valence-electron chi connectivity index (χ3n) is 8.78. The third kappa shape index (κ3) is 3.55. The summed E-state index contributed by atoms with van der Waals surface area (Å²) in [6, 6.07) is 6.73. The molecule has 1 aromatic carbocycles. The van der Waals surface area contributed by atoms with E-state index in [-0.39, 0.29) is 5.75 Å². The van der Waals surface area contributed by atoms with Crippen LogP contribution in [0.2, 0.25) is 0 Å². The van der Waals surface area contributed by atoms with Gasteiger partial charge in [0, 0.05) is 42.5 Å². The zero-order valence-corrected chi connectivity index (χ0v) is 19.3. The molecule has 0 amide bonds. The first-order valence-electron chi connectivity index (χ1n) is 12.7. The van der Waals surface area contributed by atoms with Crippen molar-refractivity contribution in [2.45, 2.75) is 50.6 Å². The van der Waals surface area contributed by atoms with Crippen LogP contribution in [0.15, 0.2) is 36.8 Å². The van der Waals surface area contributed by atoms with Gasteiger partial charge in [0.1, 0.15) is 11.4 Å². The minimum Gasteiger partial charge on any atom is -0.507 e. The fourth-order valence-corrected chi connectivity index (χ4v) is 7.42. The molecule has 4 bridgehead atoms. The van der Waals surface area contributed by atoms with Crippen LogP contribution in [0.1, 0.15) is 38.5 Å². The van der Waals surface area contributed by atoms with Crippen molar-refractivity contribution in [3.05, 3.63) is 36.8 Å². The number of nitrogens with one attached hydrogen (secondary N) is 2. The largest absolute Gasteiger partial charge is 0.507 e. The Balaban J connectivity index is 1.01. The number of rotatable bonds is 5. The van der Waals surface area contributed by atoms with Crippen molar-refractivity contribution in [3.8, 4) is 28.1 Å².